The molecule has 0 saturated heterocycles. The van der Waals surface area contributed by atoms with Crippen molar-refractivity contribution >= 4 is 0 Å². The van der Waals surface area contributed by atoms with Crippen molar-refractivity contribution in [2.45, 2.75) is 13.3 Å². The van der Waals surface area contributed by atoms with E-state index in [9.17, 15) is 4.39 Å². The SMILES string of the molecule is CCc1ccnc(-c2ccc(F)cc2)c1. The molecular formula is C13H12FN. The van der Waals surface area contributed by atoms with E-state index in [0.29, 0.717) is 0 Å². The van der Waals surface area contributed by atoms with E-state index in [1.165, 1.54) is 17.7 Å². The van der Waals surface area contributed by atoms with Gasteiger partial charge in [-0.2, -0.15) is 0 Å². The van der Waals surface area contributed by atoms with E-state index in [4.69, 9.17) is 0 Å². The number of hydrogen-bond donors (Lipinski definition) is 0. The first-order valence-electron chi connectivity index (χ1n) is 5.00. The lowest BCUT2D eigenvalue weighted by atomic mass is 10.1. The first-order valence-corrected chi connectivity index (χ1v) is 5.00. The molecule has 1 aromatic carbocycles. The Morgan fingerprint density at radius 3 is 2.53 bits per heavy atom. The smallest absolute Gasteiger partial charge is 0.123 e. The van der Waals surface area contributed by atoms with Gasteiger partial charge in [0, 0.05) is 11.8 Å². The lowest BCUT2D eigenvalue weighted by Crippen LogP contribution is -1.87. The first kappa shape index (κ1) is 9.84. The van der Waals surface area contributed by atoms with Crippen molar-refractivity contribution in [3.8, 4) is 11.3 Å². The zero-order chi connectivity index (χ0) is 10.7. The minimum Gasteiger partial charge on any atom is -0.256 e. The number of hydrogen-bond acceptors (Lipinski definition) is 1. The Kier molecular flexibility index (Phi) is 2.77. The zero-order valence-electron chi connectivity index (χ0n) is 8.57. The van der Waals surface area contributed by atoms with Crippen LogP contribution in [-0.2, 0) is 6.42 Å². The lowest BCUT2D eigenvalue weighted by molar-refractivity contribution is 0.628. The fourth-order valence-corrected chi connectivity index (χ4v) is 1.47. The lowest BCUT2D eigenvalue weighted by Gasteiger charge is -2.02. The van der Waals surface area contributed by atoms with Gasteiger partial charge in [-0.05, 0) is 48.4 Å². The van der Waals surface area contributed by atoms with Gasteiger partial charge in [0.15, 0.2) is 0 Å². The van der Waals surface area contributed by atoms with Crippen LogP contribution in [0.2, 0.25) is 0 Å². The fourth-order valence-electron chi connectivity index (χ4n) is 1.47. The molecule has 0 spiro atoms. The van der Waals surface area contributed by atoms with Crippen molar-refractivity contribution < 1.29 is 4.39 Å². The molecule has 2 aromatic rings. The van der Waals surface area contributed by atoms with E-state index in [-0.39, 0.29) is 5.82 Å². The second kappa shape index (κ2) is 4.22. The van der Waals surface area contributed by atoms with Crippen LogP contribution >= 0.6 is 0 Å². The molecule has 0 unspecified atom stereocenters. The summed E-state index contributed by atoms with van der Waals surface area (Å²) in [5, 5.41) is 0. The summed E-state index contributed by atoms with van der Waals surface area (Å²) in [4.78, 5) is 4.26. The molecule has 2 rings (SSSR count). The standard InChI is InChI=1S/C13H12FN/c1-2-10-7-8-15-13(9-10)11-3-5-12(14)6-4-11/h3-9H,2H2,1H3. The molecule has 0 fully saturated rings. The van der Waals surface area contributed by atoms with Crippen molar-refractivity contribution in [2.24, 2.45) is 0 Å². The first-order chi connectivity index (χ1) is 7.29. The topological polar surface area (TPSA) is 12.9 Å². The van der Waals surface area contributed by atoms with Gasteiger partial charge in [0.2, 0.25) is 0 Å². The Morgan fingerprint density at radius 1 is 1.13 bits per heavy atom. The maximum absolute atomic E-state index is 12.7. The third-order valence-electron chi connectivity index (χ3n) is 2.37. The third kappa shape index (κ3) is 2.21. The molecule has 0 aliphatic carbocycles. The largest absolute Gasteiger partial charge is 0.256 e. The monoisotopic (exact) mass is 201 g/mol. The predicted molar refractivity (Wildman–Crippen MR) is 59.0 cm³/mol. The predicted octanol–water partition coefficient (Wildman–Crippen LogP) is 3.45. The van der Waals surface area contributed by atoms with E-state index >= 15 is 0 Å². The summed E-state index contributed by atoms with van der Waals surface area (Å²) in [6, 6.07) is 10.4. The summed E-state index contributed by atoms with van der Waals surface area (Å²) < 4.78 is 12.7. The molecule has 1 aromatic heterocycles. The van der Waals surface area contributed by atoms with Crippen LogP contribution in [0, 0.1) is 5.82 Å². The van der Waals surface area contributed by atoms with Gasteiger partial charge >= 0.3 is 0 Å². The molecule has 1 heterocycles. The van der Waals surface area contributed by atoms with Crippen LogP contribution in [0.1, 0.15) is 12.5 Å². The Hall–Kier alpha value is -1.70. The highest BCUT2D eigenvalue weighted by Gasteiger charge is 1.99. The highest BCUT2D eigenvalue weighted by molar-refractivity contribution is 5.59. The average Bonchev–Trinajstić information content (AvgIpc) is 2.30. The second-order valence-electron chi connectivity index (χ2n) is 3.41. The summed E-state index contributed by atoms with van der Waals surface area (Å²) in [5.74, 6) is -0.217. The van der Waals surface area contributed by atoms with Crippen molar-refractivity contribution in [3.63, 3.8) is 0 Å². The normalized spacial score (nSPS) is 10.3. The second-order valence-corrected chi connectivity index (χ2v) is 3.41. The molecule has 0 amide bonds. The van der Waals surface area contributed by atoms with Gasteiger partial charge in [-0.3, -0.25) is 4.98 Å². The Morgan fingerprint density at radius 2 is 1.87 bits per heavy atom. The van der Waals surface area contributed by atoms with Gasteiger partial charge in [0.25, 0.3) is 0 Å². The third-order valence-corrected chi connectivity index (χ3v) is 2.37. The zero-order valence-corrected chi connectivity index (χ0v) is 8.57. The van der Waals surface area contributed by atoms with E-state index in [1.54, 1.807) is 18.3 Å². The molecule has 2 heteroatoms. The van der Waals surface area contributed by atoms with Crippen molar-refractivity contribution in [1.29, 1.82) is 0 Å². The van der Waals surface area contributed by atoms with Gasteiger partial charge in [-0.1, -0.05) is 6.92 Å². The van der Waals surface area contributed by atoms with Crippen LogP contribution in [-0.4, -0.2) is 4.98 Å². The Balaban J connectivity index is 2.40. The molecule has 0 bridgehead atoms. The van der Waals surface area contributed by atoms with Crippen molar-refractivity contribution in [1.82, 2.24) is 4.98 Å². The van der Waals surface area contributed by atoms with Gasteiger partial charge in [-0.15, -0.1) is 0 Å². The van der Waals surface area contributed by atoms with E-state index < -0.39 is 0 Å². The molecule has 0 atom stereocenters. The number of rotatable bonds is 2. The number of nitrogens with zero attached hydrogens (tertiary/aromatic N) is 1. The highest BCUT2D eigenvalue weighted by atomic mass is 19.1. The van der Waals surface area contributed by atoms with Gasteiger partial charge in [0.05, 0.1) is 5.69 Å². The van der Waals surface area contributed by atoms with Crippen LogP contribution in [0.15, 0.2) is 42.6 Å². The number of halogens is 1. The quantitative estimate of drug-likeness (QED) is 0.725. The van der Waals surface area contributed by atoms with E-state index in [0.717, 1.165) is 17.7 Å². The van der Waals surface area contributed by atoms with Gasteiger partial charge < -0.3 is 0 Å². The van der Waals surface area contributed by atoms with Gasteiger partial charge in [-0.25, -0.2) is 4.39 Å². The van der Waals surface area contributed by atoms with Crippen molar-refractivity contribution in [3.05, 3.63) is 54.0 Å². The molecule has 0 N–H and O–H groups in total. The average molecular weight is 201 g/mol. The van der Waals surface area contributed by atoms with Crippen LogP contribution in [0.3, 0.4) is 0 Å². The summed E-state index contributed by atoms with van der Waals surface area (Å²) >= 11 is 0. The number of aryl methyl sites for hydroxylation is 1. The van der Waals surface area contributed by atoms with E-state index in [1.807, 2.05) is 12.1 Å². The fraction of sp³-hybridized carbons (Fsp3) is 0.154. The number of pyridine rings is 1. The molecule has 1 nitrogen and oxygen atoms in total. The number of benzene rings is 1. The van der Waals surface area contributed by atoms with Crippen LogP contribution < -0.4 is 0 Å². The maximum atomic E-state index is 12.7. The van der Waals surface area contributed by atoms with E-state index in [2.05, 4.69) is 11.9 Å². The summed E-state index contributed by atoms with van der Waals surface area (Å²) in [6.07, 6.45) is 2.77. The molecular weight excluding hydrogens is 189 g/mol. The van der Waals surface area contributed by atoms with Crippen LogP contribution in [0.5, 0.6) is 0 Å². The molecule has 76 valence electrons. The van der Waals surface area contributed by atoms with Gasteiger partial charge in [0.1, 0.15) is 5.82 Å². The Labute approximate surface area is 88.6 Å². The summed E-state index contributed by atoms with van der Waals surface area (Å²) in [7, 11) is 0. The minimum absolute atomic E-state index is 0.217. The van der Waals surface area contributed by atoms with Crippen LogP contribution in [0.25, 0.3) is 11.3 Å². The summed E-state index contributed by atoms with van der Waals surface area (Å²) in [5.41, 5.74) is 3.09. The molecule has 0 saturated carbocycles. The Bertz CT molecular complexity index is 448. The summed E-state index contributed by atoms with van der Waals surface area (Å²) in [6.45, 7) is 2.10. The van der Waals surface area contributed by atoms with Crippen molar-refractivity contribution in [2.75, 3.05) is 0 Å². The molecule has 15 heavy (non-hydrogen) atoms. The number of aromatic nitrogens is 1. The molecule has 0 aliphatic rings. The highest BCUT2D eigenvalue weighted by Crippen LogP contribution is 2.18. The molecule has 0 aliphatic heterocycles. The minimum atomic E-state index is -0.217. The maximum Gasteiger partial charge on any atom is 0.123 e. The van der Waals surface area contributed by atoms with Crippen LogP contribution in [0.4, 0.5) is 4.39 Å². The molecule has 0 radical (unpaired) electrons.